The number of amides is 1. The Morgan fingerprint density at radius 1 is 1.50 bits per heavy atom. The van der Waals surface area contributed by atoms with Gasteiger partial charge in [-0.05, 0) is 6.92 Å². The van der Waals surface area contributed by atoms with Crippen LogP contribution in [0.4, 0.5) is 0 Å². The van der Waals surface area contributed by atoms with Crippen molar-refractivity contribution in [2.45, 2.75) is 6.92 Å². The van der Waals surface area contributed by atoms with Gasteiger partial charge >= 0.3 is 0 Å². The summed E-state index contributed by atoms with van der Waals surface area (Å²) in [5.74, 6) is -0.200. The Bertz CT molecular complexity index is 142. The van der Waals surface area contributed by atoms with Crippen LogP contribution < -0.4 is 11.0 Å². The molecule has 0 bridgehead atoms. The molecule has 0 fully saturated rings. The second-order valence-corrected chi connectivity index (χ2v) is 2.24. The first-order valence-electron chi connectivity index (χ1n) is 2.93. The quantitative estimate of drug-likeness (QED) is 0.419. The number of hydrogen-bond acceptors (Lipinski definition) is 3. The summed E-state index contributed by atoms with van der Waals surface area (Å²) < 4.78 is 0. The molecule has 0 spiro atoms. The average Bonchev–Trinajstić information content (AvgIpc) is 1.82. The summed E-state index contributed by atoms with van der Waals surface area (Å²) in [4.78, 5) is 10.7. The second kappa shape index (κ2) is 4.03. The van der Waals surface area contributed by atoms with Crippen molar-refractivity contribution in [3.05, 3.63) is 12.2 Å². The van der Waals surface area contributed by atoms with Crippen LogP contribution in [0.5, 0.6) is 0 Å². The molecular formula is C6H13N3O. The Balaban J connectivity index is 3.50. The van der Waals surface area contributed by atoms with E-state index < -0.39 is 0 Å². The average molecular weight is 143 g/mol. The van der Waals surface area contributed by atoms with E-state index in [0.29, 0.717) is 5.57 Å². The predicted molar refractivity (Wildman–Crippen MR) is 39.8 cm³/mol. The number of hydrazine groups is 2. The van der Waals surface area contributed by atoms with Crippen LogP contribution in [-0.4, -0.2) is 25.0 Å². The SMILES string of the molecule is C=C(C)C(=O)NNN(C)C. The van der Waals surface area contributed by atoms with Crippen LogP contribution in [0.3, 0.4) is 0 Å². The normalized spacial score (nSPS) is 9.60. The van der Waals surface area contributed by atoms with Gasteiger partial charge in [0.1, 0.15) is 0 Å². The van der Waals surface area contributed by atoms with Crippen molar-refractivity contribution >= 4 is 5.91 Å². The summed E-state index contributed by atoms with van der Waals surface area (Å²) in [5, 5.41) is 1.63. The smallest absolute Gasteiger partial charge is 0.261 e. The van der Waals surface area contributed by atoms with Gasteiger partial charge in [-0.3, -0.25) is 10.2 Å². The maximum absolute atomic E-state index is 10.7. The Kier molecular flexibility index (Phi) is 3.68. The molecule has 0 saturated carbocycles. The van der Waals surface area contributed by atoms with E-state index >= 15 is 0 Å². The van der Waals surface area contributed by atoms with Crippen LogP contribution in [-0.2, 0) is 4.79 Å². The van der Waals surface area contributed by atoms with Crippen LogP contribution in [0.15, 0.2) is 12.2 Å². The van der Waals surface area contributed by atoms with Crippen LogP contribution in [0.2, 0.25) is 0 Å². The Morgan fingerprint density at radius 2 is 2.00 bits per heavy atom. The van der Waals surface area contributed by atoms with Gasteiger partial charge in [-0.15, -0.1) is 0 Å². The molecule has 0 aromatic heterocycles. The lowest BCUT2D eigenvalue weighted by Crippen LogP contribution is -2.45. The Labute approximate surface area is 60.8 Å². The molecular weight excluding hydrogens is 130 g/mol. The number of carbonyl (C=O) groups excluding carboxylic acids is 1. The van der Waals surface area contributed by atoms with Crippen molar-refractivity contribution in [1.29, 1.82) is 0 Å². The number of nitrogens with zero attached hydrogens (tertiary/aromatic N) is 1. The topological polar surface area (TPSA) is 44.4 Å². The fraction of sp³-hybridized carbons (Fsp3) is 0.500. The molecule has 0 aromatic rings. The minimum atomic E-state index is -0.200. The molecule has 0 aromatic carbocycles. The Morgan fingerprint density at radius 3 is 2.30 bits per heavy atom. The highest BCUT2D eigenvalue weighted by molar-refractivity contribution is 5.91. The highest BCUT2D eigenvalue weighted by atomic mass is 16.2. The van der Waals surface area contributed by atoms with Crippen LogP contribution in [0, 0.1) is 0 Å². The van der Waals surface area contributed by atoms with Crippen LogP contribution in [0.25, 0.3) is 0 Å². The molecule has 2 N–H and O–H groups in total. The standard InChI is InChI=1S/C6H13N3O/c1-5(2)6(10)7-8-9(3)4/h8H,1H2,2-4H3,(H,7,10). The third kappa shape index (κ3) is 4.05. The lowest BCUT2D eigenvalue weighted by atomic mass is 10.3. The molecule has 0 unspecified atom stereocenters. The molecule has 0 radical (unpaired) electrons. The summed E-state index contributed by atoms with van der Waals surface area (Å²) in [6.07, 6.45) is 0. The van der Waals surface area contributed by atoms with E-state index in [1.807, 2.05) is 0 Å². The van der Waals surface area contributed by atoms with Gasteiger partial charge in [0.2, 0.25) is 0 Å². The first-order chi connectivity index (χ1) is 4.54. The first kappa shape index (κ1) is 9.13. The monoisotopic (exact) mass is 143 g/mol. The molecule has 0 aliphatic carbocycles. The molecule has 58 valence electrons. The zero-order valence-corrected chi connectivity index (χ0v) is 6.56. The summed E-state index contributed by atoms with van der Waals surface area (Å²) in [7, 11) is 3.55. The predicted octanol–water partition coefficient (Wildman–Crippen LogP) is -0.340. The van der Waals surface area contributed by atoms with Crippen molar-refractivity contribution < 1.29 is 4.79 Å². The van der Waals surface area contributed by atoms with Crippen molar-refractivity contribution in [2.75, 3.05) is 14.1 Å². The van der Waals surface area contributed by atoms with Gasteiger partial charge < -0.3 is 0 Å². The van der Waals surface area contributed by atoms with Crippen molar-refractivity contribution in [2.24, 2.45) is 0 Å². The summed E-state index contributed by atoms with van der Waals surface area (Å²) in [5.41, 5.74) is 5.50. The summed E-state index contributed by atoms with van der Waals surface area (Å²) >= 11 is 0. The van der Waals surface area contributed by atoms with E-state index in [2.05, 4.69) is 17.5 Å². The lowest BCUT2D eigenvalue weighted by molar-refractivity contribution is -0.119. The van der Waals surface area contributed by atoms with Gasteiger partial charge in [0.05, 0.1) is 0 Å². The van der Waals surface area contributed by atoms with Gasteiger partial charge in [-0.25, -0.2) is 5.01 Å². The van der Waals surface area contributed by atoms with E-state index in [1.54, 1.807) is 26.0 Å². The van der Waals surface area contributed by atoms with E-state index in [1.165, 1.54) is 0 Å². The fourth-order valence-electron chi connectivity index (χ4n) is 0.269. The van der Waals surface area contributed by atoms with Crippen molar-refractivity contribution in [1.82, 2.24) is 16.0 Å². The van der Waals surface area contributed by atoms with E-state index in [4.69, 9.17) is 0 Å². The fourth-order valence-corrected chi connectivity index (χ4v) is 0.269. The molecule has 4 heteroatoms. The largest absolute Gasteiger partial charge is 0.274 e. The maximum atomic E-state index is 10.7. The van der Waals surface area contributed by atoms with Gasteiger partial charge in [0, 0.05) is 19.7 Å². The zero-order valence-electron chi connectivity index (χ0n) is 6.56. The number of hydrogen-bond donors (Lipinski definition) is 2. The van der Waals surface area contributed by atoms with Gasteiger partial charge in [-0.2, -0.15) is 5.53 Å². The third-order valence-electron chi connectivity index (χ3n) is 0.781. The molecule has 0 aliphatic heterocycles. The molecule has 0 heterocycles. The first-order valence-corrected chi connectivity index (χ1v) is 2.93. The van der Waals surface area contributed by atoms with E-state index in [9.17, 15) is 4.79 Å². The van der Waals surface area contributed by atoms with Gasteiger partial charge in [-0.1, -0.05) is 6.58 Å². The third-order valence-corrected chi connectivity index (χ3v) is 0.781. The minimum absolute atomic E-state index is 0.200. The molecule has 0 atom stereocenters. The zero-order chi connectivity index (χ0) is 8.15. The minimum Gasteiger partial charge on any atom is -0.274 e. The van der Waals surface area contributed by atoms with Gasteiger partial charge in [0.15, 0.2) is 0 Å². The molecule has 0 aliphatic rings. The molecule has 10 heavy (non-hydrogen) atoms. The van der Waals surface area contributed by atoms with E-state index in [-0.39, 0.29) is 5.91 Å². The molecule has 0 saturated heterocycles. The highest BCUT2D eigenvalue weighted by Gasteiger charge is 1.98. The summed E-state index contributed by atoms with van der Waals surface area (Å²) in [6, 6.07) is 0. The summed E-state index contributed by atoms with van der Waals surface area (Å²) in [6.45, 7) is 5.11. The van der Waals surface area contributed by atoms with Crippen LogP contribution in [0.1, 0.15) is 6.92 Å². The number of rotatable bonds is 3. The number of carbonyl (C=O) groups is 1. The highest BCUT2D eigenvalue weighted by Crippen LogP contribution is 1.82. The van der Waals surface area contributed by atoms with Crippen molar-refractivity contribution in [3.63, 3.8) is 0 Å². The maximum Gasteiger partial charge on any atom is 0.261 e. The van der Waals surface area contributed by atoms with E-state index in [0.717, 1.165) is 0 Å². The van der Waals surface area contributed by atoms with Gasteiger partial charge in [0.25, 0.3) is 5.91 Å². The number of nitrogens with one attached hydrogen (secondary N) is 2. The second-order valence-electron chi connectivity index (χ2n) is 2.24. The van der Waals surface area contributed by atoms with Crippen molar-refractivity contribution in [3.8, 4) is 0 Å². The molecule has 0 rings (SSSR count). The molecule has 4 nitrogen and oxygen atoms in total. The lowest BCUT2D eigenvalue weighted by Gasteiger charge is -2.12. The van der Waals surface area contributed by atoms with Crippen LogP contribution >= 0.6 is 0 Å². The molecule has 1 amide bonds. The Hall–Kier alpha value is -0.870.